The number of hydrogen-bond acceptors (Lipinski definition) is 2. The summed E-state index contributed by atoms with van der Waals surface area (Å²) in [6.07, 6.45) is 0. The molecule has 0 amide bonds. The summed E-state index contributed by atoms with van der Waals surface area (Å²) in [6.45, 7) is 14.0. The van der Waals surface area contributed by atoms with E-state index in [2.05, 4.69) is 201 Å². The standard InChI is InChI=1S/C52H42BN3S/c1-51(2,3)31-22-25-34(26-23-31)55-42-20-13-21-43-47(42)53(50-49(55)37-30-32(52(4,5)6)24-29-44(37)57-50)38-18-12-17-36-46-41(56(43)48(36)38)28-27-40-45(46)35-16-10-11-19-39(35)54(40)33-14-8-7-9-15-33/h7-30H,1-6H3. The predicted molar refractivity (Wildman–Crippen MR) is 247 cm³/mol. The summed E-state index contributed by atoms with van der Waals surface area (Å²) in [6, 6.07) is 55.2. The van der Waals surface area contributed by atoms with E-state index < -0.39 is 0 Å². The molecular weight excluding hydrogens is 709 g/mol. The number of benzene rings is 7. The lowest BCUT2D eigenvalue weighted by atomic mass is 9.36. The SMILES string of the molecule is CC(C)(C)c1ccc(N2c3cccc4c3B(c3sc5ccc(C(C)(C)C)cc5c32)c2cccc3c5c6c7ccccc7n(-c7ccccc7)c6ccc5n-4c23)cc1. The minimum absolute atomic E-state index is 0.0360. The van der Waals surface area contributed by atoms with Crippen LogP contribution in [0, 0.1) is 0 Å². The number of aromatic nitrogens is 2. The molecule has 7 aromatic carbocycles. The third-order valence-corrected chi connectivity index (χ3v) is 14.0. The van der Waals surface area contributed by atoms with E-state index in [0.717, 1.165) is 0 Å². The molecule has 57 heavy (non-hydrogen) atoms. The zero-order valence-electron chi connectivity index (χ0n) is 33.2. The monoisotopic (exact) mass is 751 g/mol. The van der Waals surface area contributed by atoms with E-state index in [9.17, 15) is 0 Å². The van der Waals surface area contributed by atoms with E-state index in [1.807, 2.05) is 11.3 Å². The molecular formula is C52H42BN3S. The number of nitrogens with zero attached hydrogens (tertiary/aromatic N) is 3. The van der Waals surface area contributed by atoms with Crippen molar-refractivity contribution in [3.63, 3.8) is 0 Å². The first-order valence-corrected chi connectivity index (χ1v) is 21.0. The molecule has 0 atom stereocenters. The summed E-state index contributed by atoms with van der Waals surface area (Å²) in [5, 5.41) is 6.58. The van der Waals surface area contributed by atoms with E-state index in [-0.39, 0.29) is 17.5 Å². The first-order valence-electron chi connectivity index (χ1n) is 20.2. The van der Waals surface area contributed by atoms with Gasteiger partial charge in [-0.1, -0.05) is 120 Å². The van der Waals surface area contributed by atoms with Gasteiger partial charge < -0.3 is 14.0 Å². The van der Waals surface area contributed by atoms with Gasteiger partial charge in [0.25, 0.3) is 6.71 Å². The van der Waals surface area contributed by atoms with Crippen LogP contribution in [0.1, 0.15) is 52.7 Å². The fourth-order valence-corrected chi connectivity index (χ4v) is 11.4. The topological polar surface area (TPSA) is 13.1 Å². The smallest absolute Gasteiger partial charge is 0.264 e. The van der Waals surface area contributed by atoms with Crippen LogP contribution >= 0.6 is 11.3 Å². The van der Waals surface area contributed by atoms with Gasteiger partial charge in [0, 0.05) is 64.7 Å². The minimum atomic E-state index is 0.0360. The van der Waals surface area contributed by atoms with Gasteiger partial charge in [-0.05, 0) is 99.6 Å². The quantitative estimate of drug-likeness (QED) is 0.160. The Morgan fingerprint density at radius 3 is 1.91 bits per heavy atom. The van der Waals surface area contributed by atoms with Crippen LogP contribution in [0.2, 0.25) is 0 Å². The molecule has 0 saturated carbocycles. The number of para-hydroxylation sites is 3. The maximum absolute atomic E-state index is 2.60. The first kappa shape index (κ1) is 33.1. The van der Waals surface area contributed by atoms with E-state index >= 15 is 0 Å². The van der Waals surface area contributed by atoms with E-state index in [1.54, 1.807) is 0 Å². The largest absolute Gasteiger partial charge is 0.310 e. The van der Waals surface area contributed by atoms with Crippen molar-refractivity contribution in [3.8, 4) is 11.4 Å². The predicted octanol–water partition coefficient (Wildman–Crippen LogP) is 12.3. The molecule has 0 saturated heterocycles. The van der Waals surface area contributed by atoms with Gasteiger partial charge in [-0.25, -0.2) is 0 Å². The van der Waals surface area contributed by atoms with Gasteiger partial charge >= 0.3 is 0 Å². The van der Waals surface area contributed by atoms with Crippen LogP contribution in [-0.2, 0) is 10.8 Å². The molecule has 2 aliphatic rings. The van der Waals surface area contributed by atoms with Gasteiger partial charge in [-0.3, -0.25) is 0 Å². The second-order valence-electron chi connectivity index (χ2n) is 18.2. The van der Waals surface area contributed by atoms with Crippen molar-refractivity contribution in [1.29, 1.82) is 0 Å². The molecule has 274 valence electrons. The molecule has 12 rings (SSSR count). The summed E-state index contributed by atoms with van der Waals surface area (Å²) in [5.41, 5.74) is 16.9. The van der Waals surface area contributed by atoms with Crippen molar-refractivity contribution in [2.45, 2.75) is 52.4 Å². The summed E-state index contributed by atoms with van der Waals surface area (Å²) < 4.78 is 7.80. The highest BCUT2D eigenvalue weighted by Gasteiger charge is 2.44. The van der Waals surface area contributed by atoms with Crippen LogP contribution in [0.15, 0.2) is 146 Å². The summed E-state index contributed by atoms with van der Waals surface area (Å²) >= 11 is 1.98. The molecule has 0 bridgehead atoms. The van der Waals surface area contributed by atoms with E-state index in [1.165, 1.54) is 109 Å². The number of anilines is 3. The zero-order valence-corrected chi connectivity index (χ0v) is 34.0. The Labute approximate surface area is 337 Å². The minimum Gasteiger partial charge on any atom is -0.310 e. The van der Waals surface area contributed by atoms with Crippen LogP contribution in [0.25, 0.3) is 65.1 Å². The Balaban J connectivity index is 1.21. The molecule has 2 aliphatic heterocycles. The third-order valence-electron chi connectivity index (χ3n) is 12.8. The highest BCUT2D eigenvalue weighted by molar-refractivity contribution is 7.33. The Hall–Kier alpha value is -6.04. The molecule has 0 spiro atoms. The van der Waals surface area contributed by atoms with Crippen molar-refractivity contribution in [1.82, 2.24) is 9.13 Å². The molecule has 3 aromatic heterocycles. The second kappa shape index (κ2) is 11.3. The molecule has 5 heteroatoms. The second-order valence-corrected chi connectivity index (χ2v) is 19.3. The van der Waals surface area contributed by atoms with Gasteiger partial charge in [0.2, 0.25) is 0 Å². The number of hydrogen-bond donors (Lipinski definition) is 0. The maximum Gasteiger partial charge on any atom is 0.264 e. The summed E-state index contributed by atoms with van der Waals surface area (Å²) in [4.78, 5) is 2.59. The normalized spacial score (nSPS) is 13.7. The third kappa shape index (κ3) is 4.44. The maximum atomic E-state index is 2.60. The van der Waals surface area contributed by atoms with Crippen LogP contribution in [-0.4, -0.2) is 15.8 Å². The Bertz CT molecular complexity index is 3310. The molecule has 0 aliphatic carbocycles. The fraction of sp³-hybridized carbons (Fsp3) is 0.154. The first-order chi connectivity index (χ1) is 27.6. The van der Waals surface area contributed by atoms with Crippen LogP contribution in [0.3, 0.4) is 0 Å². The van der Waals surface area contributed by atoms with Crippen molar-refractivity contribution >= 4 is 105 Å². The molecule has 10 aromatic rings. The van der Waals surface area contributed by atoms with Gasteiger partial charge in [0.15, 0.2) is 0 Å². The number of rotatable bonds is 2. The lowest BCUT2D eigenvalue weighted by Crippen LogP contribution is -2.59. The zero-order chi connectivity index (χ0) is 38.5. The van der Waals surface area contributed by atoms with Crippen molar-refractivity contribution in [3.05, 3.63) is 157 Å². The molecule has 3 nitrogen and oxygen atoms in total. The Morgan fingerprint density at radius 1 is 0.491 bits per heavy atom. The molecule has 0 N–H and O–H groups in total. The van der Waals surface area contributed by atoms with Crippen LogP contribution in [0.5, 0.6) is 0 Å². The molecule has 0 fully saturated rings. The van der Waals surface area contributed by atoms with Crippen molar-refractivity contribution in [2.24, 2.45) is 0 Å². The highest BCUT2D eigenvalue weighted by atomic mass is 32.1. The lowest BCUT2D eigenvalue weighted by molar-refractivity contribution is 0.590. The van der Waals surface area contributed by atoms with Crippen molar-refractivity contribution < 1.29 is 0 Å². The van der Waals surface area contributed by atoms with Gasteiger partial charge in [-0.2, -0.15) is 0 Å². The van der Waals surface area contributed by atoms with E-state index in [4.69, 9.17) is 0 Å². The van der Waals surface area contributed by atoms with Gasteiger partial charge in [-0.15, -0.1) is 11.3 Å². The van der Waals surface area contributed by atoms with Crippen molar-refractivity contribution in [2.75, 3.05) is 4.90 Å². The highest BCUT2D eigenvalue weighted by Crippen LogP contribution is 2.48. The molecule has 5 heterocycles. The average molecular weight is 752 g/mol. The van der Waals surface area contributed by atoms with E-state index in [0.29, 0.717) is 0 Å². The van der Waals surface area contributed by atoms with Crippen LogP contribution < -0.4 is 20.6 Å². The lowest BCUT2D eigenvalue weighted by Gasteiger charge is -2.39. The number of fused-ring (bicyclic) bond motifs is 13. The Kier molecular flexibility index (Phi) is 6.57. The van der Waals surface area contributed by atoms with Crippen LogP contribution in [0.4, 0.5) is 17.1 Å². The molecule has 0 unspecified atom stereocenters. The number of thiophene rings is 1. The van der Waals surface area contributed by atoms with Gasteiger partial charge in [0.1, 0.15) is 0 Å². The Morgan fingerprint density at radius 2 is 1.14 bits per heavy atom. The average Bonchev–Trinajstić information content (AvgIpc) is 3.87. The molecule has 0 radical (unpaired) electrons. The fourth-order valence-electron chi connectivity index (χ4n) is 10.1. The summed E-state index contributed by atoms with van der Waals surface area (Å²) in [7, 11) is 0. The van der Waals surface area contributed by atoms with Gasteiger partial charge in [0.05, 0.1) is 22.2 Å². The summed E-state index contributed by atoms with van der Waals surface area (Å²) in [5.74, 6) is 0.